The van der Waals surface area contributed by atoms with Crippen LogP contribution in [0.1, 0.15) is 29.5 Å². The molecule has 3 heterocycles. The number of carboxylic acid groups (broad SMARTS) is 1. The maximum absolute atomic E-state index is 10.9. The van der Waals surface area contributed by atoms with E-state index in [1.807, 2.05) is 26.0 Å². The highest BCUT2D eigenvalue weighted by Gasteiger charge is 2.15. The molecule has 0 unspecified atom stereocenters. The maximum atomic E-state index is 10.9. The molecular weight excluding hydrogens is 454 g/mol. The molecule has 0 aliphatic heterocycles. The summed E-state index contributed by atoms with van der Waals surface area (Å²) in [5.74, 6) is 1.96. The zero-order valence-corrected chi connectivity index (χ0v) is 19.6. The Labute approximate surface area is 201 Å². The van der Waals surface area contributed by atoms with E-state index in [4.69, 9.17) is 28.2 Å². The van der Waals surface area contributed by atoms with Crippen LogP contribution in [-0.4, -0.2) is 33.0 Å². The summed E-state index contributed by atoms with van der Waals surface area (Å²) in [5.41, 5.74) is 2.06. The second-order valence-corrected chi connectivity index (χ2v) is 7.48. The Bertz CT molecular complexity index is 1320. The van der Waals surface area contributed by atoms with Gasteiger partial charge in [-0.15, -0.1) is 5.10 Å². The average molecular weight is 479 g/mol. The van der Waals surface area contributed by atoms with E-state index in [9.17, 15) is 4.79 Å². The average Bonchev–Trinajstić information content (AvgIpc) is 3.60. The Balaban J connectivity index is 1.43. The Hall–Kier alpha value is -4.47. The van der Waals surface area contributed by atoms with E-state index in [0.29, 0.717) is 52.6 Å². The van der Waals surface area contributed by atoms with E-state index in [1.165, 1.54) is 6.08 Å². The SMILES string of the molecule is CCn1cc(C=CC(=O)O)c(OCc2ccc(OCc3nc(-c4ccco4)oc3C)c(OC)c2)n1. The molecule has 0 spiro atoms. The number of aryl methyl sites for hydroxylation is 2. The summed E-state index contributed by atoms with van der Waals surface area (Å²) in [7, 11) is 1.56. The van der Waals surface area contributed by atoms with Crippen molar-refractivity contribution in [1.82, 2.24) is 14.8 Å². The quantitative estimate of drug-likeness (QED) is 0.304. The first kappa shape index (κ1) is 23.7. The number of methoxy groups -OCH3 is 1. The topological polar surface area (TPSA) is 122 Å². The number of carboxylic acids is 1. The van der Waals surface area contributed by atoms with Gasteiger partial charge in [0.2, 0.25) is 5.88 Å². The van der Waals surface area contributed by atoms with Crippen molar-refractivity contribution >= 4 is 12.0 Å². The van der Waals surface area contributed by atoms with Gasteiger partial charge in [-0.05, 0) is 49.8 Å². The van der Waals surface area contributed by atoms with Crippen LogP contribution in [0.5, 0.6) is 17.4 Å². The summed E-state index contributed by atoms with van der Waals surface area (Å²) in [6.07, 6.45) is 5.80. The van der Waals surface area contributed by atoms with E-state index in [-0.39, 0.29) is 13.2 Å². The third-order valence-corrected chi connectivity index (χ3v) is 5.08. The second-order valence-electron chi connectivity index (χ2n) is 7.48. The fraction of sp³-hybridized carbons (Fsp3) is 0.240. The van der Waals surface area contributed by atoms with Crippen LogP contribution in [-0.2, 0) is 24.6 Å². The second kappa shape index (κ2) is 10.6. The fourth-order valence-corrected chi connectivity index (χ4v) is 3.26. The Morgan fingerprint density at radius 1 is 1.20 bits per heavy atom. The number of hydrogen-bond donors (Lipinski definition) is 1. The van der Waals surface area contributed by atoms with Gasteiger partial charge >= 0.3 is 5.97 Å². The number of furan rings is 1. The normalized spacial score (nSPS) is 11.2. The molecule has 0 radical (unpaired) electrons. The van der Waals surface area contributed by atoms with Crippen LogP contribution in [0.15, 0.2) is 57.7 Å². The number of aliphatic carboxylic acids is 1. The third-order valence-electron chi connectivity index (χ3n) is 5.08. The number of rotatable bonds is 11. The van der Waals surface area contributed by atoms with Gasteiger partial charge in [-0.3, -0.25) is 4.68 Å². The highest BCUT2D eigenvalue weighted by atomic mass is 16.5. The molecule has 182 valence electrons. The smallest absolute Gasteiger partial charge is 0.328 e. The predicted octanol–water partition coefficient (Wildman–Crippen LogP) is 4.72. The van der Waals surface area contributed by atoms with Gasteiger partial charge in [0.1, 0.15) is 24.7 Å². The Kier molecular flexibility index (Phi) is 7.20. The minimum absolute atomic E-state index is 0.190. The van der Waals surface area contributed by atoms with Gasteiger partial charge in [-0.1, -0.05) is 6.07 Å². The molecule has 1 N–H and O–H groups in total. The highest BCUT2D eigenvalue weighted by molar-refractivity contribution is 5.85. The number of nitrogens with zero attached hydrogens (tertiary/aromatic N) is 3. The molecule has 4 aromatic rings. The van der Waals surface area contributed by atoms with Crippen molar-refractivity contribution in [2.24, 2.45) is 0 Å². The summed E-state index contributed by atoms with van der Waals surface area (Å²) < 4.78 is 30.0. The maximum Gasteiger partial charge on any atom is 0.328 e. The minimum atomic E-state index is -1.04. The van der Waals surface area contributed by atoms with Gasteiger partial charge < -0.3 is 28.2 Å². The largest absolute Gasteiger partial charge is 0.493 e. The van der Waals surface area contributed by atoms with Crippen molar-refractivity contribution in [1.29, 1.82) is 0 Å². The zero-order valence-electron chi connectivity index (χ0n) is 19.6. The lowest BCUT2D eigenvalue weighted by Gasteiger charge is -2.12. The van der Waals surface area contributed by atoms with Crippen molar-refractivity contribution in [2.45, 2.75) is 33.6 Å². The van der Waals surface area contributed by atoms with Crippen LogP contribution >= 0.6 is 0 Å². The molecule has 0 saturated carbocycles. The lowest BCUT2D eigenvalue weighted by Crippen LogP contribution is -2.02. The van der Waals surface area contributed by atoms with Crippen molar-refractivity contribution in [2.75, 3.05) is 7.11 Å². The number of aromatic nitrogens is 3. The van der Waals surface area contributed by atoms with E-state index in [1.54, 1.807) is 42.5 Å². The first-order valence-corrected chi connectivity index (χ1v) is 10.9. The number of benzene rings is 1. The van der Waals surface area contributed by atoms with Crippen LogP contribution in [0.25, 0.3) is 17.7 Å². The summed E-state index contributed by atoms with van der Waals surface area (Å²) in [6.45, 7) is 4.78. The van der Waals surface area contributed by atoms with Crippen molar-refractivity contribution in [3.8, 4) is 29.0 Å². The van der Waals surface area contributed by atoms with Gasteiger partial charge in [0, 0.05) is 18.8 Å². The van der Waals surface area contributed by atoms with Gasteiger partial charge in [0.25, 0.3) is 5.89 Å². The van der Waals surface area contributed by atoms with Crippen LogP contribution in [0.3, 0.4) is 0 Å². The predicted molar refractivity (Wildman–Crippen MR) is 125 cm³/mol. The molecular formula is C25H25N3O7. The lowest BCUT2D eigenvalue weighted by atomic mass is 10.2. The molecule has 0 amide bonds. The molecule has 1 aromatic carbocycles. The standard InChI is InChI=1S/C25H25N3O7/c1-4-28-13-18(8-10-23(29)30)24(27-28)34-14-17-7-9-20(22(12-17)31-3)33-15-19-16(2)35-25(26-19)21-6-5-11-32-21/h5-13H,4,14-15H2,1-3H3,(H,29,30). The van der Waals surface area contributed by atoms with Crippen molar-refractivity contribution < 1.29 is 32.9 Å². The molecule has 0 fully saturated rings. The Morgan fingerprint density at radius 2 is 2.06 bits per heavy atom. The number of oxazole rings is 1. The zero-order chi connectivity index (χ0) is 24.8. The number of carbonyl (C=O) groups is 1. The number of hydrogen-bond acceptors (Lipinski definition) is 8. The minimum Gasteiger partial charge on any atom is -0.493 e. The lowest BCUT2D eigenvalue weighted by molar-refractivity contribution is -0.131. The molecule has 3 aromatic heterocycles. The molecule has 0 saturated heterocycles. The highest BCUT2D eigenvalue weighted by Crippen LogP contribution is 2.30. The first-order chi connectivity index (χ1) is 17.0. The summed E-state index contributed by atoms with van der Waals surface area (Å²) >= 11 is 0. The van der Waals surface area contributed by atoms with Crippen LogP contribution < -0.4 is 14.2 Å². The molecule has 0 atom stereocenters. The van der Waals surface area contributed by atoms with Crippen LogP contribution in [0.4, 0.5) is 0 Å². The molecule has 4 rings (SSSR count). The summed E-state index contributed by atoms with van der Waals surface area (Å²) in [6, 6.07) is 8.99. The summed E-state index contributed by atoms with van der Waals surface area (Å²) in [5, 5.41) is 13.2. The molecule has 10 heteroatoms. The van der Waals surface area contributed by atoms with Crippen LogP contribution in [0, 0.1) is 6.92 Å². The monoisotopic (exact) mass is 479 g/mol. The van der Waals surface area contributed by atoms with E-state index >= 15 is 0 Å². The molecule has 35 heavy (non-hydrogen) atoms. The van der Waals surface area contributed by atoms with Crippen molar-refractivity contribution in [3.05, 3.63) is 71.4 Å². The summed E-state index contributed by atoms with van der Waals surface area (Å²) in [4.78, 5) is 15.3. The van der Waals surface area contributed by atoms with Crippen LogP contribution in [0.2, 0.25) is 0 Å². The molecule has 0 aliphatic carbocycles. The van der Waals surface area contributed by atoms with Crippen molar-refractivity contribution in [3.63, 3.8) is 0 Å². The van der Waals surface area contributed by atoms with Gasteiger partial charge in [0.15, 0.2) is 17.3 Å². The molecule has 10 nitrogen and oxygen atoms in total. The van der Waals surface area contributed by atoms with Gasteiger partial charge in [0.05, 0.1) is 18.9 Å². The number of ether oxygens (including phenoxy) is 3. The van der Waals surface area contributed by atoms with E-state index < -0.39 is 5.97 Å². The van der Waals surface area contributed by atoms with Gasteiger partial charge in [-0.2, -0.15) is 0 Å². The van der Waals surface area contributed by atoms with E-state index in [2.05, 4.69) is 10.1 Å². The molecule has 0 aliphatic rings. The van der Waals surface area contributed by atoms with E-state index in [0.717, 1.165) is 11.6 Å². The third kappa shape index (κ3) is 5.72. The van der Waals surface area contributed by atoms with Gasteiger partial charge in [-0.25, -0.2) is 9.78 Å². The molecule has 0 bridgehead atoms. The Morgan fingerprint density at radius 3 is 2.77 bits per heavy atom. The first-order valence-electron chi connectivity index (χ1n) is 10.9. The fourth-order valence-electron chi connectivity index (χ4n) is 3.26.